The van der Waals surface area contributed by atoms with Crippen LogP contribution in [-0.2, 0) is 26.2 Å². The molecule has 0 aliphatic carbocycles. The van der Waals surface area contributed by atoms with E-state index >= 15 is 0 Å². The summed E-state index contributed by atoms with van der Waals surface area (Å²) in [6.07, 6.45) is 0. The third-order valence-electron chi connectivity index (χ3n) is 1.55. The number of benzene rings is 1. The molecule has 0 saturated carbocycles. The van der Waals surface area contributed by atoms with Gasteiger partial charge in [0.2, 0.25) is 0 Å². The zero-order valence-electron chi connectivity index (χ0n) is 12.8. The van der Waals surface area contributed by atoms with Gasteiger partial charge in [-0.1, -0.05) is 26.8 Å². The monoisotopic (exact) mass is 405 g/mol. The fourth-order valence-corrected chi connectivity index (χ4v) is 1.07. The van der Waals surface area contributed by atoms with E-state index in [0.717, 1.165) is 0 Å². The molecular formula is C15H23Cl2NSiZr-4. The first kappa shape index (κ1) is 37.1. The van der Waals surface area contributed by atoms with E-state index in [2.05, 4.69) is 42.5 Å². The van der Waals surface area contributed by atoms with Crippen LogP contribution in [0.5, 0.6) is 0 Å². The molecule has 0 aliphatic heterocycles. The molecule has 2 aromatic rings. The molecule has 0 unspecified atom stereocenters. The van der Waals surface area contributed by atoms with Crippen LogP contribution in [0, 0.1) is 14.9 Å². The molecule has 20 heavy (non-hydrogen) atoms. The summed E-state index contributed by atoms with van der Waals surface area (Å²) in [4.78, 5) is 0. The van der Waals surface area contributed by atoms with Crippen molar-refractivity contribution in [2.24, 2.45) is 0 Å². The summed E-state index contributed by atoms with van der Waals surface area (Å²) < 4.78 is 0. The third-order valence-corrected chi connectivity index (χ3v) is 1.55. The largest absolute Gasteiger partial charge is 2.00 e. The summed E-state index contributed by atoms with van der Waals surface area (Å²) in [7, 11) is 0. The Labute approximate surface area is 161 Å². The predicted octanol–water partition coefficient (Wildman–Crippen LogP) is -1.08. The third kappa shape index (κ3) is 18.5. The van der Waals surface area contributed by atoms with Gasteiger partial charge in [-0.05, 0) is 0 Å². The van der Waals surface area contributed by atoms with E-state index in [4.69, 9.17) is 5.73 Å². The van der Waals surface area contributed by atoms with Gasteiger partial charge in [-0.3, -0.25) is 0 Å². The smallest absolute Gasteiger partial charge is 1.00 e. The van der Waals surface area contributed by atoms with E-state index in [9.17, 15) is 0 Å². The average molecular weight is 408 g/mol. The molecule has 0 aliphatic rings. The second-order valence-corrected chi connectivity index (χ2v) is 4.40. The maximum absolute atomic E-state index is 6.94. The maximum Gasteiger partial charge on any atom is 2.00 e. The maximum atomic E-state index is 6.94. The molecule has 0 amide bonds. The van der Waals surface area contributed by atoms with Crippen LogP contribution in [0.1, 0.15) is 20.8 Å². The summed E-state index contributed by atoms with van der Waals surface area (Å²) in [6.45, 7) is 5.56. The average Bonchev–Trinajstić information content (AvgIpc) is 2.47. The Bertz CT molecular complexity index is 364. The molecule has 1 N–H and O–H groups in total. The van der Waals surface area contributed by atoms with Crippen molar-refractivity contribution in [3.8, 4) is 0 Å². The van der Waals surface area contributed by atoms with E-state index in [0.29, 0.717) is 0 Å². The van der Waals surface area contributed by atoms with Crippen molar-refractivity contribution in [2.75, 3.05) is 0 Å². The number of hydrogen-bond donors (Lipinski definition) is 0. The molecule has 2 rings (SSSR count). The SMILES string of the molecule is CC(C)(C)[NH-].[CH3-].[CH3-].[Cl-].[Cl-].[Si].[Zr+2].c1ccc2[cH-]ccc2c1. The van der Waals surface area contributed by atoms with Gasteiger partial charge in [0.05, 0.1) is 0 Å². The van der Waals surface area contributed by atoms with E-state index in [1.165, 1.54) is 10.8 Å². The van der Waals surface area contributed by atoms with Crippen LogP contribution >= 0.6 is 0 Å². The van der Waals surface area contributed by atoms with Gasteiger partial charge in [0.25, 0.3) is 0 Å². The zero-order valence-corrected chi connectivity index (χ0v) is 17.8. The summed E-state index contributed by atoms with van der Waals surface area (Å²) in [5.41, 5.74) is 6.69. The molecule has 114 valence electrons. The fraction of sp³-hybridized carbons (Fsp3) is 0.267. The van der Waals surface area contributed by atoms with Crippen molar-refractivity contribution in [3.63, 3.8) is 0 Å². The van der Waals surface area contributed by atoms with Gasteiger partial charge in [0.1, 0.15) is 0 Å². The molecule has 0 fully saturated rings. The summed E-state index contributed by atoms with van der Waals surface area (Å²) in [5, 5.41) is 2.66. The Morgan fingerprint density at radius 2 is 1.35 bits per heavy atom. The van der Waals surface area contributed by atoms with Crippen LogP contribution in [0.4, 0.5) is 0 Å². The van der Waals surface area contributed by atoms with E-state index < -0.39 is 0 Å². The molecule has 0 heterocycles. The van der Waals surface area contributed by atoms with Gasteiger partial charge >= 0.3 is 26.2 Å². The van der Waals surface area contributed by atoms with Gasteiger partial charge in [-0.2, -0.15) is 17.5 Å². The molecule has 2 aromatic carbocycles. The number of hydrogen-bond acceptors (Lipinski definition) is 0. The minimum Gasteiger partial charge on any atom is -1.00 e. The van der Waals surface area contributed by atoms with Crippen molar-refractivity contribution in [3.05, 3.63) is 63.1 Å². The molecule has 4 radical (unpaired) electrons. The molecule has 0 bridgehead atoms. The Morgan fingerprint density at radius 1 is 0.950 bits per heavy atom. The zero-order chi connectivity index (χ0) is 10.6. The van der Waals surface area contributed by atoms with Gasteiger partial charge in [0.15, 0.2) is 0 Å². The first-order valence-electron chi connectivity index (χ1n) is 4.82. The standard InChI is InChI=1S/C9H7.C4H10N.2CH3.2ClH.Si.Zr/c1-2-5-9-7-3-6-8(9)4-1;1-4(2,3)5;;;;;;/h1-7H;5H,1-3H3;2*1H3;2*1H;;/q4*-1;;;;+2/p-2. The Kier molecular flexibility index (Phi) is 32.5. The van der Waals surface area contributed by atoms with Crippen molar-refractivity contribution in [2.45, 2.75) is 26.3 Å². The quantitative estimate of drug-likeness (QED) is 0.392. The molecular weight excluding hydrogens is 384 g/mol. The van der Waals surface area contributed by atoms with Crippen LogP contribution < -0.4 is 24.8 Å². The molecule has 0 aromatic heterocycles. The van der Waals surface area contributed by atoms with Gasteiger partial charge < -0.3 is 45.4 Å². The summed E-state index contributed by atoms with van der Waals surface area (Å²) in [5.74, 6) is 0. The molecule has 0 atom stereocenters. The summed E-state index contributed by atoms with van der Waals surface area (Å²) >= 11 is 0. The van der Waals surface area contributed by atoms with Crippen molar-refractivity contribution < 1.29 is 51.0 Å². The molecule has 0 spiro atoms. The van der Waals surface area contributed by atoms with Gasteiger partial charge in [-0.15, -0.1) is 35.2 Å². The van der Waals surface area contributed by atoms with Gasteiger partial charge in [-0.25, -0.2) is 0 Å². The molecule has 0 saturated heterocycles. The molecule has 5 heteroatoms. The Hall–Kier alpha value is 0.470. The van der Waals surface area contributed by atoms with Gasteiger partial charge in [0, 0.05) is 11.0 Å². The number of halogens is 2. The van der Waals surface area contributed by atoms with Crippen molar-refractivity contribution in [1.82, 2.24) is 0 Å². The van der Waals surface area contributed by atoms with E-state index in [1.54, 1.807) is 0 Å². The minimum absolute atomic E-state index is 0. The summed E-state index contributed by atoms with van der Waals surface area (Å²) in [6, 6.07) is 14.7. The van der Waals surface area contributed by atoms with Crippen molar-refractivity contribution >= 4 is 21.7 Å². The molecule has 1 nitrogen and oxygen atoms in total. The van der Waals surface area contributed by atoms with Crippen LogP contribution in [0.25, 0.3) is 16.5 Å². The first-order chi connectivity index (χ1) is 6.47. The van der Waals surface area contributed by atoms with Crippen LogP contribution in [-0.4, -0.2) is 16.5 Å². The minimum atomic E-state index is -0.250. The normalized spacial score (nSPS) is 7.60. The van der Waals surface area contributed by atoms with Crippen LogP contribution in [0.3, 0.4) is 0 Å². The van der Waals surface area contributed by atoms with Crippen LogP contribution in [0.2, 0.25) is 0 Å². The van der Waals surface area contributed by atoms with E-state index in [1.807, 2.05) is 20.8 Å². The topological polar surface area (TPSA) is 23.8 Å². The number of nitrogens with one attached hydrogen (secondary N) is 1. The van der Waals surface area contributed by atoms with E-state index in [-0.39, 0.29) is 82.4 Å². The van der Waals surface area contributed by atoms with Crippen molar-refractivity contribution in [1.29, 1.82) is 0 Å². The first-order valence-corrected chi connectivity index (χ1v) is 4.82. The number of fused-ring (bicyclic) bond motifs is 1. The Morgan fingerprint density at radius 3 is 1.75 bits per heavy atom. The fourth-order valence-electron chi connectivity index (χ4n) is 1.07. The second-order valence-electron chi connectivity index (χ2n) is 4.40. The predicted molar refractivity (Wildman–Crippen MR) is 82.2 cm³/mol. The second kappa shape index (κ2) is 17.5. The Balaban J connectivity index is -0.0000000412. The number of rotatable bonds is 0. The van der Waals surface area contributed by atoms with Crippen LogP contribution in [0.15, 0.2) is 42.5 Å².